The van der Waals surface area contributed by atoms with Gasteiger partial charge in [0.2, 0.25) is 0 Å². The number of nitro benzene ring substituents is 1. The van der Waals surface area contributed by atoms with Crippen molar-refractivity contribution in [2.24, 2.45) is 5.92 Å². The Labute approximate surface area is 116 Å². The van der Waals surface area contributed by atoms with Crippen LogP contribution in [0.4, 0.5) is 11.4 Å². The summed E-state index contributed by atoms with van der Waals surface area (Å²) in [6, 6.07) is 4.01. The van der Waals surface area contributed by atoms with Crippen LogP contribution in [0, 0.1) is 16.0 Å². The van der Waals surface area contributed by atoms with Crippen molar-refractivity contribution in [3.8, 4) is 0 Å². The Bertz CT molecular complexity index is 524. The van der Waals surface area contributed by atoms with Crippen molar-refractivity contribution in [1.29, 1.82) is 0 Å². The van der Waals surface area contributed by atoms with E-state index in [9.17, 15) is 20.0 Å². The van der Waals surface area contributed by atoms with Crippen molar-refractivity contribution < 1.29 is 14.8 Å². The Morgan fingerprint density at radius 1 is 1.45 bits per heavy atom. The van der Waals surface area contributed by atoms with Crippen LogP contribution >= 0.6 is 0 Å². The van der Waals surface area contributed by atoms with Crippen LogP contribution < -0.4 is 5.73 Å². The number of nitrogen functional groups attached to an aromatic ring is 1. The fraction of sp³-hybridized carbons (Fsp3) is 0.500. The second-order valence-electron chi connectivity index (χ2n) is 5.35. The number of non-ortho nitro benzene ring substituents is 1. The predicted molar refractivity (Wildman–Crippen MR) is 74.5 cm³/mol. The summed E-state index contributed by atoms with van der Waals surface area (Å²) in [4.78, 5) is 21.8. The molecule has 0 amide bonds. The zero-order valence-corrected chi connectivity index (χ0v) is 11.1. The molecule has 1 aromatic carbocycles. The molecule has 6 nitrogen and oxygen atoms in total. The number of nitrogens with zero attached hydrogens (tertiary/aromatic N) is 1. The summed E-state index contributed by atoms with van der Waals surface area (Å²) < 4.78 is 0. The first-order valence-corrected chi connectivity index (χ1v) is 6.75. The van der Waals surface area contributed by atoms with Gasteiger partial charge in [0.25, 0.3) is 5.69 Å². The van der Waals surface area contributed by atoms with Crippen LogP contribution in [0.5, 0.6) is 0 Å². The molecule has 0 radical (unpaired) electrons. The largest absolute Gasteiger partial charge is 0.481 e. The second kappa shape index (κ2) is 5.90. The minimum absolute atomic E-state index is 0.119. The number of nitrogens with two attached hydrogens (primary N) is 1. The number of carboxylic acid groups (broad SMARTS) is 1. The molecule has 1 aliphatic carbocycles. The average Bonchev–Trinajstić information content (AvgIpc) is 2.89. The summed E-state index contributed by atoms with van der Waals surface area (Å²) in [6.07, 6.45) is 4.81. The average molecular weight is 278 g/mol. The molecule has 6 heteroatoms. The van der Waals surface area contributed by atoms with Gasteiger partial charge >= 0.3 is 5.97 Å². The first kappa shape index (κ1) is 14.3. The Morgan fingerprint density at radius 2 is 2.10 bits per heavy atom. The van der Waals surface area contributed by atoms with Gasteiger partial charge in [-0.1, -0.05) is 25.7 Å². The van der Waals surface area contributed by atoms with Crippen molar-refractivity contribution in [3.05, 3.63) is 33.9 Å². The lowest BCUT2D eigenvalue weighted by molar-refractivity contribution is -0.384. The van der Waals surface area contributed by atoms with E-state index in [0.29, 0.717) is 23.6 Å². The first-order chi connectivity index (χ1) is 9.49. The molecule has 1 fully saturated rings. The normalized spacial score (nSPS) is 17.0. The zero-order valence-electron chi connectivity index (χ0n) is 11.1. The summed E-state index contributed by atoms with van der Waals surface area (Å²) in [7, 11) is 0. The van der Waals surface area contributed by atoms with E-state index in [2.05, 4.69) is 0 Å². The first-order valence-electron chi connectivity index (χ1n) is 6.75. The third kappa shape index (κ3) is 3.07. The molecule has 108 valence electrons. The van der Waals surface area contributed by atoms with Gasteiger partial charge in [-0.2, -0.15) is 0 Å². The van der Waals surface area contributed by atoms with E-state index in [-0.39, 0.29) is 5.69 Å². The number of hydrogen-bond donors (Lipinski definition) is 2. The summed E-state index contributed by atoms with van der Waals surface area (Å²) in [5, 5.41) is 20.2. The smallest absolute Gasteiger partial charge is 0.311 e. The number of benzene rings is 1. The van der Waals surface area contributed by atoms with E-state index in [1.807, 2.05) is 0 Å². The van der Waals surface area contributed by atoms with Crippen molar-refractivity contribution in [2.75, 3.05) is 5.73 Å². The fourth-order valence-electron chi connectivity index (χ4n) is 2.92. The molecule has 1 aliphatic rings. The van der Waals surface area contributed by atoms with Crippen LogP contribution in [0.15, 0.2) is 18.2 Å². The van der Waals surface area contributed by atoms with Gasteiger partial charge in [-0.05, 0) is 24.0 Å². The number of carbonyl (C=O) groups is 1. The number of anilines is 1. The van der Waals surface area contributed by atoms with Crippen LogP contribution in [0.2, 0.25) is 0 Å². The maximum absolute atomic E-state index is 11.5. The molecule has 20 heavy (non-hydrogen) atoms. The topological polar surface area (TPSA) is 106 Å². The van der Waals surface area contributed by atoms with Gasteiger partial charge in [-0.3, -0.25) is 14.9 Å². The molecular formula is C14H18N2O4. The van der Waals surface area contributed by atoms with E-state index < -0.39 is 16.8 Å². The van der Waals surface area contributed by atoms with Gasteiger partial charge in [0.1, 0.15) is 0 Å². The Kier molecular flexibility index (Phi) is 4.22. The lowest BCUT2D eigenvalue weighted by Crippen LogP contribution is -2.17. The van der Waals surface area contributed by atoms with E-state index >= 15 is 0 Å². The van der Waals surface area contributed by atoms with Gasteiger partial charge in [-0.25, -0.2) is 0 Å². The quantitative estimate of drug-likeness (QED) is 0.489. The minimum Gasteiger partial charge on any atom is -0.481 e. The lowest BCUT2D eigenvalue weighted by atomic mass is 9.87. The highest BCUT2D eigenvalue weighted by atomic mass is 16.6. The number of nitro groups is 1. The monoisotopic (exact) mass is 278 g/mol. The second-order valence-corrected chi connectivity index (χ2v) is 5.35. The van der Waals surface area contributed by atoms with Gasteiger partial charge in [-0.15, -0.1) is 0 Å². The van der Waals surface area contributed by atoms with E-state index in [0.717, 1.165) is 25.7 Å². The Hall–Kier alpha value is -2.11. The van der Waals surface area contributed by atoms with Crippen LogP contribution in [-0.4, -0.2) is 16.0 Å². The highest BCUT2D eigenvalue weighted by Gasteiger charge is 2.28. The number of hydrogen-bond acceptors (Lipinski definition) is 4. The molecule has 0 bridgehead atoms. The van der Waals surface area contributed by atoms with Crippen molar-refractivity contribution in [2.45, 2.75) is 38.0 Å². The summed E-state index contributed by atoms with van der Waals surface area (Å²) in [6.45, 7) is 0. The maximum atomic E-state index is 11.5. The maximum Gasteiger partial charge on any atom is 0.311 e. The van der Waals surface area contributed by atoms with Crippen LogP contribution in [-0.2, 0) is 4.79 Å². The molecular weight excluding hydrogens is 260 g/mol. The minimum atomic E-state index is -0.968. The van der Waals surface area contributed by atoms with Crippen LogP contribution in [0.25, 0.3) is 0 Å². The lowest BCUT2D eigenvalue weighted by Gasteiger charge is -2.18. The van der Waals surface area contributed by atoms with Gasteiger partial charge in [0.15, 0.2) is 0 Å². The predicted octanol–water partition coefficient (Wildman–Crippen LogP) is 2.93. The molecule has 0 saturated heterocycles. The summed E-state index contributed by atoms with van der Waals surface area (Å²) in [5.74, 6) is -1.36. The standard InChI is InChI=1S/C14H18N2O4/c15-13-6-5-10(16(19)20)8-11(13)12(14(17)18)7-9-3-1-2-4-9/h5-6,8-9,12H,1-4,7,15H2,(H,17,18). The zero-order chi connectivity index (χ0) is 14.7. The van der Waals surface area contributed by atoms with Crippen LogP contribution in [0.1, 0.15) is 43.6 Å². The number of aliphatic carboxylic acids is 1. The van der Waals surface area contributed by atoms with Gasteiger partial charge in [0, 0.05) is 17.8 Å². The van der Waals surface area contributed by atoms with Crippen LogP contribution in [0.3, 0.4) is 0 Å². The molecule has 0 heterocycles. The number of carboxylic acids is 1. The molecule has 2 rings (SSSR count). The molecule has 0 spiro atoms. The Morgan fingerprint density at radius 3 is 2.65 bits per heavy atom. The summed E-state index contributed by atoms with van der Waals surface area (Å²) >= 11 is 0. The molecule has 1 saturated carbocycles. The molecule has 0 aromatic heterocycles. The van der Waals surface area contributed by atoms with Crippen molar-refractivity contribution in [3.63, 3.8) is 0 Å². The van der Waals surface area contributed by atoms with Gasteiger partial charge in [0.05, 0.1) is 10.8 Å². The third-order valence-electron chi connectivity index (χ3n) is 4.00. The molecule has 1 unspecified atom stereocenters. The molecule has 0 aliphatic heterocycles. The Balaban J connectivity index is 2.30. The molecule has 1 aromatic rings. The van der Waals surface area contributed by atoms with Gasteiger partial charge < -0.3 is 10.8 Å². The highest BCUT2D eigenvalue weighted by molar-refractivity contribution is 5.79. The third-order valence-corrected chi connectivity index (χ3v) is 4.00. The fourth-order valence-corrected chi connectivity index (χ4v) is 2.92. The van der Waals surface area contributed by atoms with Crippen molar-refractivity contribution >= 4 is 17.3 Å². The van der Waals surface area contributed by atoms with E-state index in [1.54, 1.807) is 0 Å². The molecule has 3 N–H and O–H groups in total. The van der Waals surface area contributed by atoms with E-state index in [1.165, 1.54) is 18.2 Å². The number of rotatable bonds is 5. The van der Waals surface area contributed by atoms with E-state index in [4.69, 9.17) is 5.73 Å². The SMILES string of the molecule is Nc1ccc([N+](=O)[O-])cc1C(CC1CCCC1)C(=O)O. The summed E-state index contributed by atoms with van der Waals surface area (Å²) in [5.41, 5.74) is 6.36. The molecule has 1 atom stereocenters. The highest BCUT2D eigenvalue weighted by Crippen LogP contribution is 2.37. The van der Waals surface area contributed by atoms with Crippen molar-refractivity contribution in [1.82, 2.24) is 0 Å².